The number of aromatic carboxylic acids is 1. The summed E-state index contributed by atoms with van der Waals surface area (Å²) in [5.41, 5.74) is 0.670. The number of carbonyl (C=O) groups is 2. The molecule has 1 aliphatic carbocycles. The van der Waals surface area contributed by atoms with Gasteiger partial charge in [-0.1, -0.05) is 18.2 Å². The second kappa shape index (κ2) is 6.55. The zero-order chi connectivity index (χ0) is 18.0. The first kappa shape index (κ1) is 17.0. The molecule has 0 radical (unpaired) electrons. The van der Waals surface area contributed by atoms with Crippen LogP contribution in [-0.2, 0) is 16.8 Å². The minimum atomic E-state index is -1.33. The summed E-state index contributed by atoms with van der Waals surface area (Å²) in [4.78, 5) is 23.1. The van der Waals surface area contributed by atoms with Gasteiger partial charge in [0.25, 0.3) is 0 Å². The summed E-state index contributed by atoms with van der Waals surface area (Å²) in [6.07, 6.45) is 1.68. The van der Waals surface area contributed by atoms with Crippen molar-refractivity contribution in [1.29, 1.82) is 0 Å². The molecule has 130 valence electrons. The average molecular weight is 343 g/mol. The number of hydrogen-bond donors (Lipinski definition) is 2. The number of amides is 1. The summed E-state index contributed by atoms with van der Waals surface area (Å²) >= 11 is 0. The van der Waals surface area contributed by atoms with E-state index < -0.39 is 17.3 Å². The largest absolute Gasteiger partial charge is 0.497 e. The average Bonchev–Trinajstić information content (AvgIpc) is 3.35. The smallest absolute Gasteiger partial charge is 0.338 e. The Balaban J connectivity index is 1.68. The molecular weight excluding hydrogens is 325 g/mol. The number of carbonyl (C=O) groups excluding carboxylic acids is 1. The van der Waals surface area contributed by atoms with Crippen LogP contribution in [-0.4, -0.2) is 24.1 Å². The second-order valence-electron chi connectivity index (χ2n) is 6.15. The lowest BCUT2D eigenvalue weighted by Gasteiger charge is -2.18. The van der Waals surface area contributed by atoms with E-state index in [0.29, 0.717) is 5.56 Å². The Kier molecular flexibility index (Phi) is 4.44. The fourth-order valence-corrected chi connectivity index (χ4v) is 2.86. The molecule has 0 heterocycles. The number of halogens is 1. The van der Waals surface area contributed by atoms with Crippen molar-refractivity contribution >= 4 is 11.9 Å². The molecule has 6 heteroatoms. The van der Waals surface area contributed by atoms with Gasteiger partial charge < -0.3 is 15.2 Å². The molecule has 0 saturated heterocycles. The molecule has 2 aromatic carbocycles. The minimum Gasteiger partial charge on any atom is -0.497 e. The number of methoxy groups -OCH3 is 1. The summed E-state index contributed by atoms with van der Waals surface area (Å²) in [5, 5.41) is 11.8. The van der Waals surface area contributed by atoms with Crippen molar-refractivity contribution in [2.45, 2.75) is 24.8 Å². The van der Waals surface area contributed by atoms with Crippen molar-refractivity contribution < 1.29 is 23.8 Å². The molecule has 25 heavy (non-hydrogen) atoms. The van der Waals surface area contributed by atoms with Crippen LogP contribution in [0.2, 0.25) is 0 Å². The molecule has 1 saturated carbocycles. The molecule has 2 N–H and O–H groups in total. The van der Waals surface area contributed by atoms with Crippen LogP contribution in [0.4, 0.5) is 4.39 Å². The molecule has 0 atom stereocenters. The molecule has 0 bridgehead atoms. The quantitative estimate of drug-likeness (QED) is 0.846. The predicted molar refractivity (Wildman–Crippen MR) is 89.1 cm³/mol. The van der Waals surface area contributed by atoms with Crippen molar-refractivity contribution in [3.63, 3.8) is 0 Å². The van der Waals surface area contributed by atoms with Crippen LogP contribution >= 0.6 is 0 Å². The van der Waals surface area contributed by atoms with E-state index in [-0.39, 0.29) is 17.9 Å². The number of carboxylic acids is 1. The van der Waals surface area contributed by atoms with Gasteiger partial charge in [-0.25, -0.2) is 9.18 Å². The lowest BCUT2D eigenvalue weighted by atomic mass is 10.0. The Morgan fingerprint density at radius 3 is 2.40 bits per heavy atom. The number of carboxylic acid groups (broad SMARTS) is 1. The van der Waals surface area contributed by atoms with E-state index in [4.69, 9.17) is 9.84 Å². The molecule has 3 rings (SSSR count). The summed E-state index contributed by atoms with van der Waals surface area (Å²) < 4.78 is 18.8. The first-order valence-corrected chi connectivity index (χ1v) is 7.91. The van der Waals surface area contributed by atoms with Crippen molar-refractivity contribution in [2.75, 3.05) is 7.11 Å². The predicted octanol–water partition coefficient (Wildman–Crippen LogP) is 2.88. The number of ether oxygens (including phenoxy) is 1. The van der Waals surface area contributed by atoms with Gasteiger partial charge >= 0.3 is 5.97 Å². The Morgan fingerprint density at radius 2 is 1.88 bits per heavy atom. The van der Waals surface area contributed by atoms with Gasteiger partial charge in [-0.2, -0.15) is 0 Å². The molecule has 1 fully saturated rings. The van der Waals surface area contributed by atoms with E-state index in [2.05, 4.69) is 5.32 Å². The van der Waals surface area contributed by atoms with Gasteiger partial charge in [0.2, 0.25) is 5.91 Å². The summed E-state index contributed by atoms with van der Waals surface area (Å²) in [5.74, 6) is -1.64. The molecule has 0 aliphatic heterocycles. The Hall–Kier alpha value is -2.89. The van der Waals surface area contributed by atoms with E-state index in [1.54, 1.807) is 7.11 Å². The number of hydrogen-bond acceptors (Lipinski definition) is 3. The molecule has 1 aliphatic rings. The normalized spacial score (nSPS) is 14.6. The van der Waals surface area contributed by atoms with Crippen LogP contribution in [0.5, 0.6) is 5.75 Å². The van der Waals surface area contributed by atoms with E-state index in [1.165, 1.54) is 12.1 Å². The first-order valence-electron chi connectivity index (χ1n) is 7.91. The van der Waals surface area contributed by atoms with Crippen molar-refractivity contribution in [2.24, 2.45) is 0 Å². The van der Waals surface area contributed by atoms with Crippen molar-refractivity contribution in [3.05, 3.63) is 65.0 Å². The Labute approximate surface area is 144 Å². The maximum Gasteiger partial charge on any atom is 0.338 e. The van der Waals surface area contributed by atoms with Gasteiger partial charge in [-0.05, 0) is 48.2 Å². The fourth-order valence-electron chi connectivity index (χ4n) is 2.86. The third-order valence-electron chi connectivity index (χ3n) is 4.40. The highest BCUT2D eigenvalue weighted by Crippen LogP contribution is 2.45. The first-order chi connectivity index (χ1) is 11.9. The third-order valence-corrected chi connectivity index (χ3v) is 4.40. The zero-order valence-corrected chi connectivity index (χ0v) is 13.7. The lowest BCUT2D eigenvalue weighted by molar-refractivity contribution is -0.121. The molecule has 0 aromatic heterocycles. The number of rotatable bonds is 6. The van der Waals surface area contributed by atoms with Crippen LogP contribution in [0.3, 0.4) is 0 Å². The van der Waals surface area contributed by atoms with Gasteiger partial charge in [0.05, 0.1) is 24.6 Å². The maximum atomic E-state index is 13.7. The molecular formula is C19H18FNO4. The molecule has 5 nitrogen and oxygen atoms in total. The minimum absolute atomic E-state index is 0.00523. The van der Waals surface area contributed by atoms with Crippen molar-refractivity contribution in [1.82, 2.24) is 5.32 Å². The molecule has 1 amide bonds. The van der Waals surface area contributed by atoms with Crippen LogP contribution in [0, 0.1) is 5.82 Å². The van der Waals surface area contributed by atoms with Gasteiger partial charge in [0.1, 0.15) is 11.6 Å². The van der Waals surface area contributed by atoms with Crippen LogP contribution in [0.15, 0.2) is 42.5 Å². The van der Waals surface area contributed by atoms with Gasteiger partial charge in [-0.3, -0.25) is 4.79 Å². The standard InChI is InChI=1S/C19H18FNO4/c1-25-14-5-3-13(4-6-14)19(8-9-19)21-17(22)11-12-2-7-15(18(23)24)16(20)10-12/h2-7,10H,8-9,11H2,1H3,(H,21,22)(H,23,24). The van der Waals surface area contributed by atoms with E-state index >= 15 is 0 Å². The maximum absolute atomic E-state index is 13.7. The fraction of sp³-hybridized carbons (Fsp3) is 0.263. The molecule has 2 aromatic rings. The van der Waals surface area contributed by atoms with E-state index in [9.17, 15) is 14.0 Å². The highest BCUT2D eigenvalue weighted by molar-refractivity contribution is 5.88. The number of benzene rings is 2. The van der Waals surface area contributed by atoms with Gasteiger partial charge in [0.15, 0.2) is 0 Å². The Morgan fingerprint density at radius 1 is 1.20 bits per heavy atom. The number of nitrogens with one attached hydrogen (secondary N) is 1. The topological polar surface area (TPSA) is 75.6 Å². The third kappa shape index (κ3) is 3.63. The summed E-state index contributed by atoms with van der Waals surface area (Å²) in [7, 11) is 1.60. The van der Waals surface area contributed by atoms with E-state index in [0.717, 1.165) is 30.2 Å². The monoisotopic (exact) mass is 343 g/mol. The van der Waals surface area contributed by atoms with Crippen LogP contribution < -0.4 is 10.1 Å². The van der Waals surface area contributed by atoms with Crippen LogP contribution in [0.1, 0.15) is 34.3 Å². The summed E-state index contributed by atoms with van der Waals surface area (Å²) in [6.45, 7) is 0. The van der Waals surface area contributed by atoms with Crippen molar-refractivity contribution in [3.8, 4) is 5.75 Å². The zero-order valence-electron chi connectivity index (χ0n) is 13.7. The summed E-state index contributed by atoms with van der Waals surface area (Å²) in [6, 6.07) is 11.3. The van der Waals surface area contributed by atoms with Gasteiger partial charge in [-0.15, -0.1) is 0 Å². The Bertz CT molecular complexity index is 813. The SMILES string of the molecule is COc1ccc(C2(NC(=O)Cc3ccc(C(=O)O)c(F)c3)CC2)cc1. The van der Waals surface area contributed by atoms with E-state index in [1.807, 2.05) is 24.3 Å². The molecule has 0 spiro atoms. The highest BCUT2D eigenvalue weighted by Gasteiger charge is 2.45. The van der Waals surface area contributed by atoms with Crippen LogP contribution in [0.25, 0.3) is 0 Å². The molecule has 0 unspecified atom stereocenters. The van der Waals surface area contributed by atoms with Gasteiger partial charge in [0, 0.05) is 0 Å². The second-order valence-corrected chi connectivity index (χ2v) is 6.15. The lowest BCUT2D eigenvalue weighted by Crippen LogP contribution is -2.35. The highest BCUT2D eigenvalue weighted by atomic mass is 19.1.